The third kappa shape index (κ3) is 32.0. The molecule has 0 aromatic carbocycles. The maximum absolute atomic E-state index is 12.5. The van der Waals surface area contributed by atoms with E-state index in [-0.39, 0.29) is 12.1 Å². The lowest BCUT2D eigenvalue weighted by molar-refractivity contribution is -0.150. The van der Waals surface area contributed by atoms with E-state index in [0.717, 1.165) is 25.8 Å². The largest absolute Gasteiger partial charge is 0.462 e. The smallest absolute Gasteiger partial charge is 0.306 e. The summed E-state index contributed by atoms with van der Waals surface area (Å²) in [5, 5.41) is 0. The van der Waals surface area contributed by atoms with Crippen LogP contribution in [0.15, 0.2) is 0 Å². The summed E-state index contributed by atoms with van der Waals surface area (Å²) >= 11 is 0. The molecule has 0 aromatic heterocycles. The van der Waals surface area contributed by atoms with Gasteiger partial charge in [0.05, 0.1) is 0 Å². The van der Waals surface area contributed by atoms with Gasteiger partial charge in [-0.15, -0.1) is 0 Å². The van der Waals surface area contributed by atoms with Gasteiger partial charge in [0.1, 0.15) is 6.10 Å². The van der Waals surface area contributed by atoms with E-state index in [2.05, 4.69) is 32.8 Å². The van der Waals surface area contributed by atoms with Crippen LogP contribution in [0.2, 0.25) is 0 Å². The molecule has 0 bridgehead atoms. The molecule has 3 nitrogen and oxygen atoms in total. The molecule has 0 aliphatic rings. The minimum Gasteiger partial charge on any atom is -0.462 e. The van der Waals surface area contributed by atoms with Crippen LogP contribution in [0.4, 0.5) is 0 Å². The fourth-order valence-electron chi connectivity index (χ4n) is 5.83. The highest BCUT2D eigenvalue weighted by atomic mass is 16.5. The van der Waals surface area contributed by atoms with Crippen molar-refractivity contribution in [3.05, 3.63) is 0 Å². The zero-order valence-corrected chi connectivity index (χ0v) is 28.3. The average molecular weight is 566 g/mol. The number of carbonyl (C=O) groups excluding carboxylic acids is 1. The Hall–Kier alpha value is -0.570. The first-order valence-electron chi connectivity index (χ1n) is 18.4. The first-order chi connectivity index (χ1) is 19.6. The molecule has 0 N–H and O–H groups in total. The monoisotopic (exact) mass is 566 g/mol. The summed E-state index contributed by atoms with van der Waals surface area (Å²) in [6.07, 6.45) is 39.7. The highest BCUT2D eigenvalue weighted by molar-refractivity contribution is 5.69. The zero-order valence-electron chi connectivity index (χ0n) is 28.3. The summed E-state index contributed by atoms with van der Waals surface area (Å²) < 4.78 is 5.99. The molecule has 0 amide bonds. The molecular formula is C37H75NO2. The van der Waals surface area contributed by atoms with E-state index in [1.165, 1.54) is 167 Å². The fourth-order valence-corrected chi connectivity index (χ4v) is 5.83. The van der Waals surface area contributed by atoms with Crippen LogP contribution in [-0.2, 0) is 9.53 Å². The minimum absolute atomic E-state index is 0.0243. The summed E-state index contributed by atoms with van der Waals surface area (Å²) in [7, 11) is 4.13. The quantitative estimate of drug-likeness (QED) is 0.0585. The molecule has 0 heterocycles. The number of rotatable bonds is 33. The van der Waals surface area contributed by atoms with Crippen LogP contribution >= 0.6 is 0 Å². The average Bonchev–Trinajstić information content (AvgIpc) is 2.93. The Kier molecular flexibility index (Phi) is 32.5. The summed E-state index contributed by atoms with van der Waals surface area (Å²) in [4.78, 5) is 14.6. The topological polar surface area (TPSA) is 29.5 Å². The molecule has 0 unspecified atom stereocenters. The van der Waals surface area contributed by atoms with E-state index in [0.29, 0.717) is 6.42 Å². The van der Waals surface area contributed by atoms with Crippen LogP contribution in [-0.4, -0.2) is 37.6 Å². The van der Waals surface area contributed by atoms with Crippen molar-refractivity contribution in [2.24, 2.45) is 0 Å². The number of nitrogens with zero attached hydrogens (tertiary/aromatic N) is 1. The Labute approximate surface area is 253 Å². The maximum Gasteiger partial charge on any atom is 0.306 e. The SMILES string of the molecule is CCCCCCCCCCCCCCCC(CCCCCCCCCCCCCCC)OC(=O)CCCN(C)C. The predicted octanol–water partition coefficient (Wildman–Crippen LogP) is 12.2. The van der Waals surface area contributed by atoms with Crippen molar-refractivity contribution in [3.63, 3.8) is 0 Å². The van der Waals surface area contributed by atoms with Crippen LogP contribution in [0, 0.1) is 0 Å². The van der Waals surface area contributed by atoms with Crippen molar-refractivity contribution in [1.29, 1.82) is 0 Å². The van der Waals surface area contributed by atoms with E-state index < -0.39 is 0 Å². The van der Waals surface area contributed by atoms with Crippen molar-refractivity contribution in [3.8, 4) is 0 Å². The highest BCUT2D eigenvalue weighted by Gasteiger charge is 2.14. The molecule has 40 heavy (non-hydrogen) atoms. The third-order valence-corrected chi connectivity index (χ3v) is 8.54. The molecule has 240 valence electrons. The van der Waals surface area contributed by atoms with E-state index >= 15 is 0 Å². The molecule has 0 saturated carbocycles. The Bertz CT molecular complexity index is 463. The normalized spacial score (nSPS) is 11.7. The van der Waals surface area contributed by atoms with E-state index in [9.17, 15) is 4.79 Å². The lowest BCUT2D eigenvalue weighted by Crippen LogP contribution is -2.20. The van der Waals surface area contributed by atoms with Gasteiger partial charge in [-0.1, -0.05) is 168 Å². The van der Waals surface area contributed by atoms with Gasteiger partial charge in [0.2, 0.25) is 0 Å². The number of carbonyl (C=O) groups is 1. The fraction of sp³-hybridized carbons (Fsp3) is 0.973. The molecule has 0 fully saturated rings. The molecule has 0 aliphatic heterocycles. The second kappa shape index (κ2) is 32.9. The second-order valence-electron chi connectivity index (χ2n) is 13.1. The number of unbranched alkanes of at least 4 members (excludes halogenated alkanes) is 24. The van der Waals surface area contributed by atoms with Crippen molar-refractivity contribution in [2.75, 3.05) is 20.6 Å². The molecule has 0 saturated heterocycles. The van der Waals surface area contributed by atoms with Crippen LogP contribution in [0.1, 0.15) is 206 Å². The number of esters is 1. The van der Waals surface area contributed by atoms with Crippen LogP contribution in [0.5, 0.6) is 0 Å². The van der Waals surface area contributed by atoms with Crippen molar-refractivity contribution in [2.45, 2.75) is 213 Å². The Morgan fingerprint density at radius 2 is 0.775 bits per heavy atom. The van der Waals surface area contributed by atoms with Gasteiger partial charge in [-0.05, 0) is 52.7 Å². The predicted molar refractivity (Wildman–Crippen MR) is 178 cm³/mol. The van der Waals surface area contributed by atoms with E-state index in [4.69, 9.17) is 4.74 Å². The molecule has 0 aromatic rings. The summed E-state index contributed by atoms with van der Waals surface area (Å²) in [5.74, 6) is 0.0243. The lowest BCUT2D eigenvalue weighted by atomic mass is 10.0. The standard InChI is InChI=1S/C37H75NO2/c1-5-7-9-11-13-15-17-19-21-23-25-27-29-32-36(40-37(39)34-31-35-38(3)4)33-30-28-26-24-22-20-18-16-14-12-10-8-6-2/h36H,5-35H2,1-4H3. The minimum atomic E-state index is 0.0243. The summed E-state index contributed by atoms with van der Waals surface area (Å²) in [5.41, 5.74) is 0. The molecular weight excluding hydrogens is 490 g/mol. The van der Waals surface area contributed by atoms with Crippen LogP contribution < -0.4 is 0 Å². The van der Waals surface area contributed by atoms with Crippen LogP contribution in [0.3, 0.4) is 0 Å². The Balaban J connectivity index is 3.92. The number of hydrogen-bond donors (Lipinski definition) is 0. The first kappa shape index (κ1) is 39.4. The van der Waals surface area contributed by atoms with E-state index in [1.54, 1.807) is 0 Å². The van der Waals surface area contributed by atoms with Crippen LogP contribution in [0.25, 0.3) is 0 Å². The lowest BCUT2D eigenvalue weighted by Gasteiger charge is -2.18. The summed E-state index contributed by atoms with van der Waals surface area (Å²) in [6.45, 7) is 5.54. The molecule has 0 aliphatic carbocycles. The second-order valence-corrected chi connectivity index (χ2v) is 13.1. The number of hydrogen-bond acceptors (Lipinski definition) is 3. The Morgan fingerprint density at radius 1 is 0.475 bits per heavy atom. The molecule has 0 rings (SSSR count). The van der Waals surface area contributed by atoms with Gasteiger partial charge in [0, 0.05) is 6.42 Å². The zero-order chi connectivity index (χ0) is 29.4. The van der Waals surface area contributed by atoms with Gasteiger partial charge in [-0.3, -0.25) is 4.79 Å². The highest BCUT2D eigenvalue weighted by Crippen LogP contribution is 2.19. The van der Waals surface area contributed by atoms with E-state index in [1.807, 2.05) is 0 Å². The van der Waals surface area contributed by atoms with Gasteiger partial charge in [0.25, 0.3) is 0 Å². The van der Waals surface area contributed by atoms with Gasteiger partial charge in [-0.25, -0.2) is 0 Å². The van der Waals surface area contributed by atoms with Gasteiger partial charge < -0.3 is 9.64 Å². The third-order valence-electron chi connectivity index (χ3n) is 8.54. The molecule has 0 radical (unpaired) electrons. The van der Waals surface area contributed by atoms with Gasteiger partial charge in [-0.2, -0.15) is 0 Å². The van der Waals surface area contributed by atoms with Gasteiger partial charge >= 0.3 is 5.97 Å². The molecule has 0 atom stereocenters. The number of ether oxygens (including phenoxy) is 1. The van der Waals surface area contributed by atoms with Crippen molar-refractivity contribution >= 4 is 5.97 Å². The van der Waals surface area contributed by atoms with Crippen molar-refractivity contribution in [1.82, 2.24) is 4.90 Å². The Morgan fingerprint density at radius 3 is 1.07 bits per heavy atom. The molecule has 3 heteroatoms. The summed E-state index contributed by atoms with van der Waals surface area (Å²) in [6, 6.07) is 0. The first-order valence-corrected chi connectivity index (χ1v) is 18.4. The van der Waals surface area contributed by atoms with Gasteiger partial charge in [0.15, 0.2) is 0 Å². The maximum atomic E-state index is 12.5. The molecule has 0 spiro atoms. The van der Waals surface area contributed by atoms with Crippen molar-refractivity contribution < 1.29 is 9.53 Å².